The Hall–Kier alpha value is -3.14. The zero-order valence-electron chi connectivity index (χ0n) is 23.8. The minimum absolute atomic E-state index is 0.264. The molecule has 1 spiro atoms. The van der Waals surface area contributed by atoms with Crippen LogP contribution >= 0.6 is 0 Å². The molecule has 40 heavy (non-hydrogen) atoms. The number of allylic oxidation sites excluding steroid dienone is 1. The zero-order chi connectivity index (χ0) is 29.0. The maximum Gasteiger partial charge on any atom is 0.339 e. The molecule has 1 aromatic heterocycles. The second-order valence-corrected chi connectivity index (χ2v) is 13.2. The van der Waals surface area contributed by atoms with Gasteiger partial charge < -0.3 is 28.1 Å². The van der Waals surface area contributed by atoms with Gasteiger partial charge in [0, 0.05) is 42.2 Å². The first-order valence-corrected chi connectivity index (χ1v) is 13.8. The van der Waals surface area contributed by atoms with E-state index in [-0.39, 0.29) is 5.92 Å². The van der Waals surface area contributed by atoms with Crippen molar-refractivity contribution in [2.75, 3.05) is 0 Å². The summed E-state index contributed by atoms with van der Waals surface area (Å²) >= 11 is 0. The van der Waals surface area contributed by atoms with Crippen molar-refractivity contribution in [3.63, 3.8) is 0 Å². The van der Waals surface area contributed by atoms with Crippen LogP contribution in [0.1, 0.15) is 73.0 Å². The number of carbonyl (C=O) groups is 4. The predicted molar refractivity (Wildman–Crippen MR) is 136 cm³/mol. The summed E-state index contributed by atoms with van der Waals surface area (Å²) in [7, 11) is 0. The van der Waals surface area contributed by atoms with Gasteiger partial charge in [-0.15, -0.1) is 0 Å². The molecule has 0 aromatic carbocycles. The van der Waals surface area contributed by atoms with E-state index in [0.717, 1.165) is 0 Å². The predicted octanol–water partition coefficient (Wildman–Crippen LogP) is 3.83. The first-order valence-electron chi connectivity index (χ1n) is 13.8. The van der Waals surface area contributed by atoms with Crippen molar-refractivity contribution < 1.29 is 47.3 Å². The van der Waals surface area contributed by atoms with Gasteiger partial charge in [0.15, 0.2) is 6.10 Å². The lowest BCUT2D eigenvalue weighted by Crippen LogP contribution is -2.76. The van der Waals surface area contributed by atoms with Gasteiger partial charge in [-0.05, 0) is 44.1 Å². The number of hydrogen-bond acceptors (Lipinski definition) is 10. The highest BCUT2D eigenvalue weighted by Gasteiger charge is 2.89. The van der Waals surface area contributed by atoms with Gasteiger partial charge >= 0.3 is 23.9 Å². The number of hydrogen-bond donors (Lipinski definition) is 0. The van der Waals surface area contributed by atoms with Crippen molar-refractivity contribution in [1.29, 1.82) is 0 Å². The van der Waals surface area contributed by atoms with Crippen LogP contribution in [-0.4, -0.2) is 53.4 Å². The van der Waals surface area contributed by atoms with Crippen LogP contribution in [-0.2, 0) is 42.9 Å². The van der Waals surface area contributed by atoms with E-state index < -0.39 is 81.7 Å². The standard InChI is InChI=1S/C30H36O10/c1-15(31)36-20-21-26(3,4)39-19(33)9-11-27(21,5)18-8-12-28(6)22(17-10-13-35-14-17)38-25(34)24-30(28,40-24)29(18,7)23(20)37-16(2)32/h9-11,13-14,18,20-24H,8,12H2,1-7H3/t18-,20-,21+,22+,23-,24-,27-,28+,29+,30-/m1/s1. The molecule has 10 nitrogen and oxygen atoms in total. The van der Waals surface area contributed by atoms with Crippen LogP contribution in [0, 0.1) is 28.1 Å². The summed E-state index contributed by atoms with van der Waals surface area (Å²) in [5, 5.41) is 0. The Balaban J connectivity index is 1.62. The van der Waals surface area contributed by atoms with Gasteiger partial charge in [-0.3, -0.25) is 9.59 Å². The molecule has 2 saturated carbocycles. The van der Waals surface area contributed by atoms with Gasteiger partial charge in [-0.2, -0.15) is 0 Å². The summed E-state index contributed by atoms with van der Waals surface area (Å²) in [4.78, 5) is 51.6. The topological polar surface area (TPSA) is 131 Å². The van der Waals surface area contributed by atoms with E-state index in [9.17, 15) is 19.2 Å². The van der Waals surface area contributed by atoms with Crippen molar-refractivity contribution in [1.82, 2.24) is 0 Å². The summed E-state index contributed by atoms with van der Waals surface area (Å²) in [6.45, 7) is 12.2. The average molecular weight is 557 g/mol. The van der Waals surface area contributed by atoms with Gasteiger partial charge in [0.2, 0.25) is 0 Å². The second kappa shape index (κ2) is 8.21. The van der Waals surface area contributed by atoms with Crippen LogP contribution in [0.4, 0.5) is 0 Å². The third kappa shape index (κ3) is 3.19. The lowest BCUT2D eigenvalue weighted by atomic mass is 9.36. The monoisotopic (exact) mass is 556 g/mol. The SMILES string of the molecule is CC(=O)O[C@H]1[C@@H](OC(C)=O)[C@]2(C)[C@H](CC[C@@]3(C)[C@H](c4ccoc4)OC(=O)[C@H]4O[C@@]423)[C@@]2(C)C=CC(=O)OC(C)(C)[C@H]12. The molecule has 6 rings (SSSR count). The van der Waals surface area contributed by atoms with Crippen molar-refractivity contribution in [3.05, 3.63) is 36.3 Å². The number of furan rings is 1. The molecule has 1 aromatic rings. The summed E-state index contributed by atoms with van der Waals surface area (Å²) in [6.07, 6.45) is 4.03. The van der Waals surface area contributed by atoms with Gasteiger partial charge in [0.05, 0.1) is 12.5 Å². The van der Waals surface area contributed by atoms with Gasteiger partial charge in [-0.25, -0.2) is 9.59 Å². The first kappa shape index (κ1) is 27.1. The molecule has 4 heterocycles. The molecule has 3 aliphatic heterocycles. The number of carbonyl (C=O) groups excluding carboxylic acids is 4. The van der Waals surface area contributed by atoms with E-state index in [0.29, 0.717) is 18.4 Å². The van der Waals surface area contributed by atoms with Crippen molar-refractivity contribution in [2.45, 2.75) is 96.9 Å². The smallest absolute Gasteiger partial charge is 0.339 e. The number of ether oxygens (including phenoxy) is 5. The molecule has 4 fully saturated rings. The Labute approximate surface area is 232 Å². The fourth-order valence-corrected chi connectivity index (χ4v) is 9.62. The molecule has 0 amide bonds. The number of rotatable bonds is 3. The molecule has 10 atom stereocenters. The van der Waals surface area contributed by atoms with Crippen LogP contribution in [0.5, 0.6) is 0 Å². The number of fused-ring (bicyclic) bond motifs is 3. The van der Waals surface area contributed by atoms with Crippen molar-refractivity contribution in [2.24, 2.45) is 28.1 Å². The second-order valence-electron chi connectivity index (χ2n) is 13.2. The molecular weight excluding hydrogens is 520 g/mol. The van der Waals surface area contributed by atoms with E-state index in [1.807, 2.05) is 26.8 Å². The maximum absolute atomic E-state index is 13.5. The Kier molecular flexibility index (Phi) is 5.55. The van der Waals surface area contributed by atoms with E-state index >= 15 is 0 Å². The third-order valence-corrected chi connectivity index (χ3v) is 10.7. The molecule has 216 valence electrons. The molecule has 0 bridgehead atoms. The molecule has 2 saturated heterocycles. The highest BCUT2D eigenvalue weighted by atomic mass is 16.7. The highest BCUT2D eigenvalue weighted by Crippen LogP contribution is 2.79. The largest absolute Gasteiger partial charge is 0.472 e. The first-order chi connectivity index (χ1) is 18.6. The molecule has 5 aliphatic rings. The lowest BCUT2D eigenvalue weighted by molar-refractivity contribution is -0.290. The van der Waals surface area contributed by atoms with Gasteiger partial charge in [0.25, 0.3) is 0 Å². The number of esters is 4. The Bertz CT molecular complexity index is 1310. The normalized spacial score (nSPS) is 46.3. The van der Waals surface area contributed by atoms with E-state index in [2.05, 4.69) is 0 Å². The minimum Gasteiger partial charge on any atom is -0.472 e. The summed E-state index contributed by atoms with van der Waals surface area (Å²) in [5.74, 6) is -2.97. The van der Waals surface area contributed by atoms with Crippen LogP contribution in [0.2, 0.25) is 0 Å². The molecule has 0 unspecified atom stereocenters. The Morgan fingerprint density at radius 1 is 1.00 bits per heavy atom. The molecule has 10 heteroatoms. The molecule has 0 N–H and O–H groups in total. The van der Waals surface area contributed by atoms with Crippen LogP contribution in [0.25, 0.3) is 0 Å². The summed E-state index contributed by atoms with van der Waals surface area (Å²) in [5.41, 5.74) is -4.07. The van der Waals surface area contributed by atoms with E-state index in [1.165, 1.54) is 26.2 Å². The summed E-state index contributed by atoms with van der Waals surface area (Å²) in [6, 6.07) is 1.77. The van der Waals surface area contributed by atoms with Crippen LogP contribution in [0.15, 0.2) is 35.2 Å². The Morgan fingerprint density at radius 2 is 1.70 bits per heavy atom. The molecule has 0 radical (unpaired) electrons. The maximum atomic E-state index is 13.5. The Morgan fingerprint density at radius 3 is 2.33 bits per heavy atom. The zero-order valence-corrected chi connectivity index (χ0v) is 23.8. The highest BCUT2D eigenvalue weighted by molar-refractivity contribution is 5.84. The van der Waals surface area contributed by atoms with Gasteiger partial charge in [0.1, 0.15) is 29.5 Å². The van der Waals surface area contributed by atoms with Gasteiger partial charge in [-0.1, -0.05) is 26.8 Å². The number of cyclic esters (lactones) is 2. The van der Waals surface area contributed by atoms with Crippen molar-refractivity contribution >= 4 is 23.9 Å². The fraction of sp³-hybridized carbons (Fsp3) is 0.667. The number of epoxide rings is 1. The molecular formula is C30H36O10. The fourth-order valence-electron chi connectivity index (χ4n) is 9.62. The van der Waals surface area contributed by atoms with Crippen LogP contribution in [0.3, 0.4) is 0 Å². The van der Waals surface area contributed by atoms with E-state index in [1.54, 1.807) is 26.2 Å². The van der Waals surface area contributed by atoms with Crippen molar-refractivity contribution in [3.8, 4) is 0 Å². The third-order valence-electron chi connectivity index (χ3n) is 10.7. The average Bonchev–Trinajstić information content (AvgIpc) is 3.43. The minimum atomic E-state index is -1.12. The van der Waals surface area contributed by atoms with Crippen LogP contribution < -0.4 is 0 Å². The lowest BCUT2D eigenvalue weighted by Gasteiger charge is -2.68. The van der Waals surface area contributed by atoms with E-state index in [4.69, 9.17) is 28.1 Å². The molecule has 2 aliphatic carbocycles. The summed E-state index contributed by atoms with van der Waals surface area (Å²) < 4.78 is 36.0. The quantitative estimate of drug-likeness (QED) is 0.307.